The summed E-state index contributed by atoms with van der Waals surface area (Å²) >= 11 is 0. The van der Waals surface area contributed by atoms with Gasteiger partial charge in [-0.2, -0.15) is 0 Å². The number of anilines is 1. The highest BCUT2D eigenvalue weighted by atomic mass is 15.1. The highest BCUT2D eigenvalue weighted by molar-refractivity contribution is 5.48. The monoisotopic (exact) mass is 288 g/mol. The summed E-state index contributed by atoms with van der Waals surface area (Å²) < 4.78 is 0. The first kappa shape index (κ1) is 16.4. The molecule has 21 heavy (non-hydrogen) atoms. The van der Waals surface area contributed by atoms with Crippen molar-refractivity contribution in [1.82, 2.24) is 5.32 Å². The molecular weight excluding hydrogens is 256 g/mol. The smallest absolute Gasteiger partial charge is 0.0366 e. The summed E-state index contributed by atoms with van der Waals surface area (Å²) in [6, 6.07) is 9.64. The van der Waals surface area contributed by atoms with Crippen LogP contribution in [-0.4, -0.2) is 19.1 Å². The molecule has 1 fully saturated rings. The second-order valence-electron chi connectivity index (χ2n) is 7.83. The van der Waals surface area contributed by atoms with E-state index in [0.717, 1.165) is 12.5 Å². The minimum Gasteiger partial charge on any atom is -0.372 e. The van der Waals surface area contributed by atoms with Crippen LogP contribution in [0.4, 0.5) is 5.69 Å². The first-order valence-corrected chi connectivity index (χ1v) is 8.43. The van der Waals surface area contributed by atoms with E-state index in [-0.39, 0.29) is 0 Å². The minimum absolute atomic E-state index is 0.457. The van der Waals surface area contributed by atoms with Gasteiger partial charge in [0.2, 0.25) is 0 Å². The number of rotatable bonds is 4. The Balaban J connectivity index is 1.89. The third kappa shape index (κ3) is 4.74. The molecule has 0 radical (unpaired) electrons. The average Bonchev–Trinajstić information content (AvgIpc) is 2.45. The van der Waals surface area contributed by atoms with E-state index in [9.17, 15) is 0 Å². The van der Waals surface area contributed by atoms with Crippen molar-refractivity contribution in [3.8, 4) is 0 Å². The van der Waals surface area contributed by atoms with Crippen LogP contribution >= 0.6 is 0 Å². The minimum atomic E-state index is 0.457. The fourth-order valence-corrected chi connectivity index (χ4v) is 3.15. The summed E-state index contributed by atoms with van der Waals surface area (Å²) in [4.78, 5) is 2.54. The van der Waals surface area contributed by atoms with Gasteiger partial charge in [-0.05, 0) is 41.9 Å². The lowest BCUT2D eigenvalue weighted by atomic mass is 9.75. The molecule has 118 valence electrons. The lowest BCUT2D eigenvalue weighted by Crippen LogP contribution is -2.38. The van der Waals surface area contributed by atoms with Gasteiger partial charge in [0.15, 0.2) is 0 Å². The Bertz CT molecular complexity index is 420. The van der Waals surface area contributed by atoms with E-state index in [1.807, 2.05) is 0 Å². The molecule has 1 heterocycles. The first-order chi connectivity index (χ1) is 9.86. The van der Waals surface area contributed by atoms with Crippen LogP contribution in [0.5, 0.6) is 0 Å². The van der Waals surface area contributed by atoms with Crippen LogP contribution in [0.25, 0.3) is 0 Å². The summed E-state index contributed by atoms with van der Waals surface area (Å²) in [6.07, 6.45) is 2.64. The van der Waals surface area contributed by atoms with Gasteiger partial charge in [0.05, 0.1) is 0 Å². The molecule has 0 bridgehead atoms. The zero-order valence-corrected chi connectivity index (χ0v) is 14.4. The Morgan fingerprint density at radius 2 is 1.67 bits per heavy atom. The van der Waals surface area contributed by atoms with E-state index < -0.39 is 0 Å². The van der Waals surface area contributed by atoms with Crippen LogP contribution < -0.4 is 10.2 Å². The molecule has 1 aliphatic rings. The number of nitrogens with zero attached hydrogens (tertiary/aromatic N) is 1. The van der Waals surface area contributed by atoms with Crippen molar-refractivity contribution in [2.24, 2.45) is 11.3 Å². The Morgan fingerprint density at radius 3 is 2.14 bits per heavy atom. The number of piperidine rings is 1. The SMILES string of the molecule is CC(C)NCc1ccc(N2CCC(C(C)(C)C)CC2)cc1. The summed E-state index contributed by atoms with van der Waals surface area (Å²) in [5.74, 6) is 0.864. The number of hydrogen-bond acceptors (Lipinski definition) is 2. The van der Waals surface area contributed by atoms with Gasteiger partial charge in [-0.3, -0.25) is 0 Å². The Morgan fingerprint density at radius 1 is 1.10 bits per heavy atom. The zero-order chi connectivity index (χ0) is 15.5. The lowest BCUT2D eigenvalue weighted by molar-refractivity contribution is 0.199. The zero-order valence-electron chi connectivity index (χ0n) is 14.4. The van der Waals surface area contributed by atoms with Crippen LogP contribution in [0.1, 0.15) is 53.0 Å². The Kier molecular flexibility index (Phi) is 5.32. The average molecular weight is 288 g/mol. The highest BCUT2D eigenvalue weighted by Crippen LogP contribution is 2.35. The van der Waals surface area contributed by atoms with Crippen molar-refractivity contribution in [2.75, 3.05) is 18.0 Å². The predicted octanol–water partition coefficient (Wildman–Crippen LogP) is 4.45. The molecule has 2 heteroatoms. The van der Waals surface area contributed by atoms with Crippen molar-refractivity contribution in [3.05, 3.63) is 29.8 Å². The molecule has 0 unspecified atom stereocenters. The Labute approximate surface area is 130 Å². The molecule has 0 atom stereocenters. The third-order valence-corrected chi connectivity index (χ3v) is 4.74. The molecule has 1 N–H and O–H groups in total. The fraction of sp³-hybridized carbons (Fsp3) is 0.684. The lowest BCUT2D eigenvalue weighted by Gasteiger charge is -2.39. The summed E-state index contributed by atoms with van der Waals surface area (Å²) in [6.45, 7) is 14.9. The largest absolute Gasteiger partial charge is 0.372 e. The van der Waals surface area contributed by atoms with E-state index in [0.29, 0.717) is 11.5 Å². The van der Waals surface area contributed by atoms with Crippen molar-refractivity contribution >= 4 is 5.69 Å². The van der Waals surface area contributed by atoms with E-state index in [2.05, 4.69) is 69.1 Å². The predicted molar refractivity (Wildman–Crippen MR) is 92.8 cm³/mol. The van der Waals surface area contributed by atoms with Gasteiger partial charge in [-0.25, -0.2) is 0 Å². The molecule has 1 aliphatic heterocycles. The van der Waals surface area contributed by atoms with Gasteiger partial charge in [0.25, 0.3) is 0 Å². The van der Waals surface area contributed by atoms with Crippen LogP contribution in [0.3, 0.4) is 0 Å². The van der Waals surface area contributed by atoms with Gasteiger partial charge in [0, 0.05) is 31.4 Å². The van der Waals surface area contributed by atoms with Crippen LogP contribution in [0, 0.1) is 11.3 Å². The quantitative estimate of drug-likeness (QED) is 0.880. The van der Waals surface area contributed by atoms with Gasteiger partial charge in [-0.15, -0.1) is 0 Å². The number of nitrogens with one attached hydrogen (secondary N) is 1. The maximum atomic E-state index is 3.47. The maximum absolute atomic E-state index is 3.47. The van der Waals surface area contributed by atoms with Crippen LogP contribution in [0.15, 0.2) is 24.3 Å². The molecule has 0 amide bonds. The molecule has 0 aromatic heterocycles. The second-order valence-corrected chi connectivity index (χ2v) is 7.83. The standard InChI is InChI=1S/C19H32N2/c1-15(2)20-14-16-6-8-18(9-7-16)21-12-10-17(11-13-21)19(3,4)5/h6-9,15,17,20H,10-14H2,1-5H3. The second kappa shape index (κ2) is 6.83. The molecule has 0 spiro atoms. The van der Waals surface area contributed by atoms with Gasteiger partial charge < -0.3 is 10.2 Å². The highest BCUT2D eigenvalue weighted by Gasteiger charge is 2.28. The summed E-state index contributed by atoms with van der Waals surface area (Å²) in [5.41, 5.74) is 3.21. The summed E-state index contributed by atoms with van der Waals surface area (Å²) in [5, 5.41) is 3.47. The fourth-order valence-electron chi connectivity index (χ4n) is 3.15. The Hall–Kier alpha value is -1.02. The van der Waals surface area contributed by atoms with Crippen molar-refractivity contribution in [3.63, 3.8) is 0 Å². The van der Waals surface area contributed by atoms with Crippen molar-refractivity contribution in [2.45, 2.75) is 60.0 Å². The first-order valence-electron chi connectivity index (χ1n) is 8.43. The van der Waals surface area contributed by atoms with Crippen LogP contribution in [0.2, 0.25) is 0 Å². The number of hydrogen-bond donors (Lipinski definition) is 1. The van der Waals surface area contributed by atoms with Gasteiger partial charge >= 0.3 is 0 Å². The van der Waals surface area contributed by atoms with E-state index >= 15 is 0 Å². The third-order valence-electron chi connectivity index (χ3n) is 4.74. The maximum Gasteiger partial charge on any atom is 0.0366 e. The normalized spacial score (nSPS) is 17.5. The molecule has 0 aliphatic carbocycles. The van der Waals surface area contributed by atoms with Gasteiger partial charge in [0.1, 0.15) is 0 Å². The molecule has 1 aromatic rings. The molecule has 1 saturated heterocycles. The molecular formula is C19H32N2. The summed E-state index contributed by atoms with van der Waals surface area (Å²) in [7, 11) is 0. The van der Waals surface area contributed by atoms with Crippen molar-refractivity contribution < 1.29 is 0 Å². The number of benzene rings is 1. The van der Waals surface area contributed by atoms with E-state index in [1.165, 1.54) is 37.2 Å². The molecule has 1 aromatic carbocycles. The topological polar surface area (TPSA) is 15.3 Å². The van der Waals surface area contributed by atoms with Gasteiger partial charge in [-0.1, -0.05) is 46.8 Å². The molecule has 2 nitrogen and oxygen atoms in total. The van der Waals surface area contributed by atoms with Crippen molar-refractivity contribution in [1.29, 1.82) is 0 Å². The van der Waals surface area contributed by atoms with Crippen LogP contribution in [-0.2, 0) is 6.54 Å². The van der Waals surface area contributed by atoms with E-state index in [1.54, 1.807) is 0 Å². The molecule has 0 saturated carbocycles. The molecule has 2 rings (SSSR count). The van der Waals surface area contributed by atoms with E-state index in [4.69, 9.17) is 0 Å².